The van der Waals surface area contributed by atoms with Crippen LogP contribution in [0.2, 0.25) is 0 Å². The number of benzene rings is 10. The molecule has 3 aliphatic carbocycles. The maximum absolute atomic E-state index is 12.4. The summed E-state index contributed by atoms with van der Waals surface area (Å²) in [4.78, 5) is 9.00. The molecule has 66 heavy (non-hydrogen) atoms. The van der Waals surface area contributed by atoms with Crippen molar-refractivity contribution in [1.29, 1.82) is 0 Å². The molecule has 2 unspecified atom stereocenters. The minimum atomic E-state index is -1.22. The van der Waals surface area contributed by atoms with Crippen LogP contribution < -0.4 is 0 Å². The van der Waals surface area contributed by atoms with Crippen LogP contribution in [0.4, 0.5) is 0 Å². The summed E-state index contributed by atoms with van der Waals surface area (Å²) in [5, 5.41) is 24.9. The molecule has 10 aromatic carbocycles. The Kier molecular flexibility index (Phi) is 11.2. The summed E-state index contributed by atoms with van der Waals surface area (Å²) in [6, 6.07) is 75.4. The summed E-state index contributed by atoms with van der Waals surface area (Å²) in [6.07, 6.45) is 0. The Morgan fingerprint density at radius 1 is 0.424 bits per heavy atom. The molecule has 320 valence electrons. The second kappa shape index (κ2) is 17.0. The molecule has 13 rings (SSSR count). The first kappa shape index (κ1) is 43.3. The highest BCUT2D eigenvalue weighted by Gasteiger charge is 2.52. The van der Waals surface area contributed by atoms with E-state index in [0.717, 1.165) is 54.8 Å². The first-order valence-electron chi connectivity index (χ1n) is 21.6. The molecular formula is C60H41Br2ClO3. The molecule has 3 aliphatic rings. The predicted octanol–water partition coefficient (Wildman–Crippen LogP) is 16.0. The molecule has 0 heterocycles. The van der Waals surface area contributed by atoms with E-state index in [4.69, 9.17) is 9.90 Å². The van der Waals surface area contributed by atoms with Gasteiger partial charge < -0.3 is 10.2 Å². The number of carboxylic acid groups (broad SMARTS) is 1. The number of aliphatic hydroxyl groups is 1. The van der Waals surface area contributed by atoms with Crippen molar-refractivity contribution in [3.8, 4) is 44.5 Å². The summed E-state index contributed by atoms with van der Waals surface area (Å²) in [6.45, 7) is 1.08. The topological polar surface area (TPSA) is 57.5 Å². The number of rotatable bonds is 2. The molecule has 0 radical (unpaired) electrons. The van der Waals surface area contributed by atoms with Gasteiger partial charge in [-0.05, 0) is 95.4 Å². The van der Waals surface area contributed by atoms with Crippen LogP contribution in [0.15, 0.2) is 221 Å². The van der Waals surface area contributed by atoms with Crippen molar-refractivity contribution >= 4 is 71.8 Å². The van der Waals surface area contributed by atoms with Gasteiger partial charge in [-0.3, -0.25) is 4.79 Å². The van der Waals surface area contributed by atoms with Crippen molar-refractivity contribution in [1.82, 2.24) is 0 Å². The summed E-state index contributed by atoms with van der Waals surface area (Å²) in [5.41, 5.74) is 16.4. The molecule has 0 saturated heterocycles. The van der Waals surface area contributed by atoms with Gasteiger partial charge in [0, 0.05) is 43.7 Å². The number of carboxylic acids is 1. The molecule has 2 N–H and O–H groups in total. The minimum absolute atomic E-state index is 0. The highest BCUT2D eigenvalue weighted by atomic mass is 79.9. The fraction of sp³-hybridized carbons (Fsp3) is 0.0500. The lowest BCUT2D eigenvalue weighted by Crippen LogP contribution is -2.27. The van der Waals surface area contributed by atoms with Crippen molar-refractivity contribution in [2.45, 2.75) is 17.9 Å². The molecule has 0 fully saturated rings. The summed E-state index contributed by atoms with van der Waals surface area (Å²) < 4.78 is 2.16. The normalized spacial score (nSPS) is 16.3. The Hall–Kier alpha value is -6.60. The number of carbonyl (C=O) groups is 1. The zero-order valence-corrected chi connectivity index (χ0v) is 39.7. The van der Waals surface area contributed by atoms with Gasteiger partial charge in [-0.15, -0.1) is 12.4 Å². The van der Waals surface area contributed by atoms with E-state index in [9.17, 15) is 5.11 Å². The van der Waals surface area contributed by atoms with Crippen LogP contribution in [0.3, 0.4) is 0 Å². The van der Waals surface area contributed by atoms with Gasteiger partial charge in [-0.1, -0.05) is 226 Å². The molecule has 0 aromatic heterocycles. The number of halogens is 3. The van der Waals surface area contributed by atoms with Gasteiger partial charge in [-0.2, -0.15) is 0 Å². The van der Waals surface area contributed by atoms with Crippen molar-refractivity contribution in [3.05, 3.63) is 260 Å². The Morgan fingerprint density at radius 3 is 1.53 bits per heavy atom. The van der Waals surface area contributed by atoms with Gasteiger partial charge in [0.25, 0.3) is 5.97 Å². The van der Waals surface area contributed by atoms with Gasteiger partial charge in [0.1, 0.15) is 5.60 Å². The second-order valence-electron chi connectivity index (χ2n) is 16.8. The Bertz CT molecular complexity index is 3560. The molecule has 0 aliphatic heterocycles. The average Bonchev–Trinajstić information content (AvgIpc) is 3.92. The van der Waals surface area contributed by atoms with Crippen LogP contribution in [-0.2, 0) is 15.8 Å². The fourth-order valence-corrected chi connectivity index (χ4v) is 12.0. The standard InChI is InChI=1S/C29H19BrO.C29H17Br.C2H4O2.ClH/c30-27-15-7-14-26-28(27)23-11-4-6-13-25(23)29(26,31)24-12-5-3-10-22(24)21-17-16-19-8-1-2-9-20(19)18-21;30-26-15-7-14-25-27(26)22-11-4-6-13-24(22)29(25)23-12-5-3-10-20(23)21-17-16-18-8-1-2-9-19(18)28(21)29;1-2(3)4;/h1-18,31H;1-17H;1H3,(H,3,4);1H. The van der Waals surface area contributed by atoms with E-state index < -0.39 is 11.6 Å². The van der Waals surface area contributed by atoms with E-state index in [0.29, 0.717) is 0 Å². The van der Waals surface area contributed by atoms with Crippen LogP contribution in [0.5, 0.6) is 0 Å². The lowest BCUT2D eigenvalue weighted by Gasteiger charge is -2.31. The van der Waals surface area contributed by atoms with E-state index in [2.05, 4.69) is 196 Å². The molecular weight excluding hydrogens is 964 g/mol. The van der Waals surface area contributed by atoms with Crippen LogP contribution >= 0.6 is 44.3 Å². The van der Waals surface area contributed by atoms with Crippen molar-refractivity contribution in [2.24, 2.45) is 0 Å². The molecule has 1 spiro atoms. The highest BCUT2D eigenvalue weighted by molar-refractivity contribution is 9.11. The zero-order valence-electron chi connectivity index (χ0n) is 35.7. The largest absolute Gasteiger partial charge is 0.481 e. The molecule has 6 heteroatoms. The predicted molar refractivity (Wildman–Crippen MR) is 280 cm³/mol. The second-order valence-corrected chi connectivity index (χ2v) is 18.5. The Labute approximate surface area is 406 Å². The molecule has 0 saturated carbocycles. The van der Waals surface area contributed by atoms with Gasteiger partial charge >= 0.3 is 0 Å². The smallest absolute Gasteiger partial charge is 0.300 e. The lowest BCUT2D eigenvalue weighted by atomic mass is 9.69. The molecule has 0 amide bonds. The fourth-order valence-electron chi connectivity index (χ4n) is 10.9. The Balaban J connectivity index is 0.000000142. The molecule has 3 nitrogen and oxygen atoms in total. The number of fused-ring (bicyclic) bond motifs is 16. The minimum Gasteiger partial charge on any atom is -0.481 e. The molecule has 10 aromatic rings. The summed E-state index contributed by atoms with van der Waals surface area (Å²) in [5.74, 6) is -0.833. The van der Waals surface area contributed by atoms with Gasteiger partial charge in [0.15, 0.2) is 0 Å². The van der Waals surface area contributed by atoms with Crippen molar-refractivity contribution in [2.75, 3.05) is 0 Å². The summed E-state index contributed by atoms with van der Waals surface area (Å²) in [7, 11) is 0. The average molecular weight is 1010 g/mol. The van der Waals surface area contributed by atoms with Crippen LogP contribution in [0.25, 0.3) is 66.1 Å². The maximum atomic E-state index is 12.4. The van der Waals surface area contributed by atoms with Crippen LogP contribution in [0.1, 0.15) is 45.9 Å². The monoisotopic (exact) mass is 1000 g/mol. The Morgan fingerprint density at radius 2 is 0.864 bits per heavy atom. The summed E-state index contributed by atoms with van der Waals surface area (Å²) >= 11 is 7.60. The third-order valence-corrected chi connectivity index (χ3v) is 14.6. The number of aliphatic carboxylic acids is 1. The van der Waals surface area contributed by atoms with Crippen LogP contribution in [-0.4, -0.2) is 16.2 Å². The van der Waals surface area contributed by atoms with E-state index >= 15 is 0 Å². The van der Waals surface area contributed by atoms with Crippen molar-refractivity contribution in [3.63, 3.8) is 0 Å². The van der Waals surface area contributed by atoms with E-state index in [1.165, 1.54) is 66.1 Å². The third kappa shape index (κ3) is 6.52. The molecule has 2 atom stereocenters. The van der Waals surface area contributed by atoms with Gasteiger partial charge in [0.05, 0.1) is 5.41 Å². The van der Waals surface area contributed by atoms with E-state index in [-0.39, 0.29) is 17.8 Å². The van der Waals surface area contributed by atoms with Gasteiger partial charge in [0.2, 0.25) is 0 Å². The highest BCUT2D eigenvalue weighted by Crippen LogP contribution is 2.65. The first-order valence-corrected chi connectivity index (χ1v) is 23.2. The van der Waals surface area contributed by atoms with E-state index in [1.807, 2.05) is 48.5 Å². The quantitative estimate of drug-likeness (QED) is 0.181. The number of hydrogen-bond donors (Lipinski definition) is 2. The van der Waals surface area contributed by atoms with Crippen molar-refractivity contribution < 1.29 is 15.0 Å². The first-order chi connectivity index (χ1) is 31.7. The number of hydrogen-bond acceptors (Lipinski definition) is 2. The van der Waals surface area contributed by atoms with Gasteiger partial charge in [-0.25, -0.2) is 0 Å². The third-order valence-electron chi connectivity index (χ3n) is 13.3. The molecule has 0 bridgehead atoms. The van der Waals surface area contributed by atoms with E-state index in [1.54, 1.807) is 0 Å². The lowest BCUT2D eigenvalue weighted by molar-refractivity contribution is -0.134. The van der Waals surface area contributed by atoms with Crippen LogP contribution in [0, 0.1) is 0 Å². The maximum Gasteiger partial charge on any atom is 0.300 e. The zero-order chi connectivity index (χ0) is 44.5. The SMILES string of the molecule is Brc1cccc2c1-c1ccccc1C21c2ccccc2-c2ccc3ccccc3c21.CC(=O)O.Cl.OC1(c2ccccc2-c2ccc3ccccc3c2)c2ccccc2-c2c(Br)cccc21.